The summed E-state index contributed by atoms with van der Waals surface area (Å²) in [6.45, 7) is 2.18. The van der Waals surface area contributed by atoms with E-state index < -0.39 is 18.6 Å². The van der Waals surface area contributed by atoms with Crippen LogP contribution in [0.4, 0.5) is 13.2 Å². The van der Waals surface area contributed by atoms with Gasteiger partial charge in [-0.1, -0.05) is 30.3 Å². The summed E-state index contributed by atoms with van der Waals surface area (Å²) in [5.41, 5.74) is 2.36. The van der Waals surface area contributed by atoms with Crippen LogP contribution in [0.3, 0.4) is 0 Å². The Labute approximate surface area is 115 Å². The van der Waals surface area contributed by atoms with Crippen molar-refractivity contribution in [3.05, 3.63) is 53.3 Å². The van der Waals surface area contributed by atoms with Gasteiger partial charge in [0.1, 0.15) is 0 Å². The smallest absolute Gasteiger partial charge is 0.305 e. The second kappa shape index (κ2) is 6.09. The van der Waals surface area contributed by atoms with Gasteiger partial charge in [0.05, 0.1) is 12.6 Å². The summed E-state index contributed by atoms with van der Waals surface area (Å²) in [5, 5.41) is 9.58. The summed E-state index contributed by atoms with van der Waals surface area (Å²) in [6, 6.07) is 7.91. The van der Waals surface area contributed by atoms with Gasteiger partial charge in [-0.25, -0.2) is 0 Å². The van der Waals surface area contributed by atoms with Crippen LogP contribution in [0.5, 0.6) is 0 Å². The number of alkyl halides is 3. The minimum atomic E-state index is -4.21. The Morgan fingerprint density at radius 3 is 2.50 bits per heavy atom. The summed E-state index contributed by atoms with van der Waals surface area (Å²) in [6.07, 6.45) is -3.48. The lowest BCUT2D eigenvalue weighted by molar-refractivity contribution is -0.140. The summed E-state index contributed by atoms with van der Waals surface area (Å²) in [4.78, 5) is 0. The molecular formula is C14H16F3N3. The third-order valence-electron chi connectivity index (χ3n) is 3.11. The second-order valence-corrected chi connectivity index (χ2v) is 4.68. The largest absolute Gasteiger partial charge is 0.390 e. The van der Waals surface area contributed by atoms with Crippen molar-refractivity contribution in [3.8, 4) is 0 Å². The van der Waals surface area contributed by atoms with Crippen molar-refractivity contribution in [2.45, 2.75) is 32.1 Å². The molecule has 1 aromatic carbocycles. The molecule has 0 amide bonds. The van der Waals surface area contributed by atoms with E-state index in [1.807, 2.05) is 6.92 Å². The third-order valence-corrected chi connectivity index (χ3v) is 3.11. The molecule has 0 aliphatic rings. The van der Waals surface area contributed by atoms with Gasteiger partial charge >= 0.3 is 6.18 Å². The van der Waals surface area contributed by atoms with Crippen LogP contribution in [0.1, 0.15) is 29.3 Å². The lowest BCUT2D eigenvalue weighted by atomic mass is 10.0. The van der Waals surface area contributed by atoms with Crippen LogP contribution in [-0.2, 0) is 6.54 Å². The fraction of sp³-hybridized carbons (Fsp3) is 0.357. The molecule has 6 heteroatoms. The molecule has 1 atom stereocenters. The first-order chi connectivity index (χ1) is 9.46. The van der Waals surface area contributed by atoms with Crippen LogP contribution in [0.15, 0.2) is 36.5 Å². The molecule has 0 bridgehead atoms. The maximum Gasteiger partial charge on any atom is 0.390 e. The summed E-state index contributed by atoms with van der Waals surface area (Å²) in [7, 11) is 0. The molecule has 0 unspecified atom stereocenters. The van der Waals surface area contributed by atoms with E-state index in [2.05, 4.69) is 15.5 Å². The molecule has 20 heavy (non-hydrogen) atoms. The maximum atomic E-state index is 12.7. The summed E-state index contributed by atoms with van der Waals surface area (Å²) < 4.78 is 38.0. The number of aromatic amines is 1. The van der Waals surface area contributed by atoms with E-state index in [1.54, 1.807) is 36.5 Å². The molecule has 0 saturated heterocycles. The summed E-state index contributed by atoms with van der Waals surface area (Å²) >= 11 is 0. The van der Waals surface area contributed by atoms with Crippen LogP contribution in [0.2, 0.25) is 0 Å². The van der Waals surface area contributed by atoms with E-state index in [0.717, 1.165) is 11.3 Å². The van der Waals surface area contributed by atoms with Gasteiger partial charge in [-0.05, 0) is 12.5 Å². The maximum absolute atomic E-state index is 12.7. The van der Waals surface area contributed by atoms with Crippen molar-refractivity contribution in [3.63, 3.8) is 0 Å². The Bertz CT molecular complexity index is 534. The van der Waals surface area contributed by atoms with Crippen LogP contribution < -0.4 is 5.32 Å². The Balaban J connectivity index is 2.09. The fourth-order valence-corrected chi connectivity index (χ4v) is 2.01. The predicted molar refractivity (Wildman–Crippen MR) is 70.0 cm³/mol. The number of hydrogen-bond donors (Lipinski definition) is 2. The van der Waals surface area contributed by atoms with Crippen LogP contribution in [0, 0.1) is 6.92 Å². The average molecular weight is 283 g/mol. The van der Waals surface area contributed by atoms with Gasteiger partial charge < -0.3 is 5.32 Å². The Morgan fingerprint density at radius 1 is 1.25 bits per heavy atom. The van der Waals surface area contributed by atoms with Crippen molar-refractivity contribution in [2.75, 3.05) is 0 Å². The van der Waals surface area contributed by atoms with Gasteiger partial charge in [0.25, 0.3) is 0 Å². The fourth-order valence-electron chi connectivity index (χ4n) is 2.01. The number of benzene rings is 1. The molecule has 108 valence electrons. The van der Waals surface area contributed by atoms with E-state index >= 15 is 0 Å². The lowest BCUT2D eigenvalue weighted by Gasteiger charge is -2.20. The SMILES string of the molecule is Cc1[nH]ncc1CN[C@@H](CC(F)(F)F)c1ccccc1. The summed E-state index contributed by atoms with van der Waals surface area (Å²) in [5.74, 6) is 0. The number of halogens is 3. The molecule has 0 fully saturated rings. The normalized spacial score (nSPS) is 13.4. The number of H-pyrrole nitrogens is 1. The Morgan fingerprint density at radius 2 is 1.95 bits per heavy atom. The van der Waals surface area contributed by atoms with Crippen molar-refractivity contribution >= 4 is 0 Å². The number of hydrogen-bond acceptors (Lipinski definition) is 2. The highest BCUT2D eigenvalue weighted by molar-refractivity contribution is 5.20. The predicted octanol–water partition coefficient (Wildman–Crippen LogP) is 3.50. The van der Waals surface area contributed by atoms with Crippen LogP contribution in [-0.4, -0.2) is 16.4 Å². The quantitative estimate of drug-likeness (QED) is 0.881. The average Bonchev–Trinajstić information content (AvgIpc) is 2.80. The molecule has 0 spiro atoms. The number of rotatable bonds is 5. The number of nitrogens with zero attached hydrogens (tertiary/aromatic N) is 1. The molecule has 2 aromatic rings. The first-order valence-corrected chi connectivity index (χ1v) is 6.29. The lowest BCUT2D eigenvalue weighted by Crippen LogP contribution is -2.26. The molecule has 0 aliphatic heterocycles. The number of aromatic nitrogens is 2. The molecule has 1 heterocycles. The van der Waals surface area contributed by atoms with E-state index in [0.29, 0.717) is 12.1 Å². The van der Waals surface area contributed by atoms with Gasteiger partial charge in [0, 0.05) is 23.8 Å². The van der Waals surface area contributed by atoms with E-state index in [4.69, 9.17) is 0 Å². The van der Waals surface area contributed by atoms with Crippen molar-refractivity contribution in [1.82, 2.24) is 15.5 Å². The molecule has 0 radical (unpaired) electrons. The van der Waals surface area contributed by atoms with Gasteiger partial charge in [0.2, 0.25) is 0 Å². The molecule has 0 saturated carbocycles. The van der Waals surface area contributed by atoms with Gasteiger partial charge in [-0.2, -0.15) is 18.3 Å². The number of nitrogens with one attached hydrogen (secondary N) is 2. The minimum absolute atomic E-state index is 0.345. The molecule has 2 rings (SSSR count). The van der Waals surface area contributed by atoms with E-state index in [9.17, 15) is 13.2 Å². The molecule has 3 nitrogen and oxygen atoms in total. The van der Waals surface area contributed by atoms with Crippen molar-refractivity contribution < 1.29 is 13.2 Å². The molecule has 0 aliphatic carbocycles. The zero-order chi connectivity index (χ0) is 14.6. The van der Waals surface area contributed by atoms with Crippen molar-refractivity contribution in [1.29, 1.82) is 0 Å². The Hall–Kier alpha value is -1.82. The molecule has 2 N–H and O–H groups in total. The molecule has 1 aromatic heterocycles. The third kappa shape index (κ3) is 4.09. The van der Waals surface area contributed by atoms with Crippen LogP contribution >= 0.6 is 0 Å². The first-order valence-electron chi connectivity index (χ1n) is 6.29. The highest BCUT2D eigenvalue weighted by Gasteiger charge is 2.32. The number of aryl methyl sites for hydroxylation is 1. The Kier molecular flexibility index (Phi) is 4.44. The van der Waals surface area contributed by atoms with Crippen molar-refractivity contribution in [2.24, 2.45) is 0 Å². The highest BCUT2D eigenvalue weighted by atomic mass is 19.4. The zero-order valence-electron chi connectivity index (χ0n) is 11.0. The zero-order valence-corrected chi connectivity index (χ0v) is 11.0. The van der Waals surface area contributed by atoms with Gasteiger partial charge in [0.15, 0.2) is 0 Å². The topological polar surface area (TPSA) is 40.7 Å². The molecular weight excluding hydrogens is 267 g/mol. The van der Waals surface area contributed by atoms with E-state index in [1.165, 1.54) is 0 Å². The van der Waals surface area contributed by atoms with Gasteiger partial charge in [-0.15, -0.1) is 0 Å². The standard InChI is InChI=1S/C14H16F3N3/c1-10-12(9-19-20-10)8-18-13(7-14(15,16)17)11-5-3-2-4-6-11/h2-6,9,13,18H,7-8H2,1H3,(H,19,20)/t13-/m0/s1. The van der Waals surface area contributed by atoms with Gasteiger partial charge in [-0.3, -0.25) is 5.10 Å². The monoisotopic (exact) mass is 283 g/mol. The minimum Gasteiger partial charge on any atom is -0.305 e. The first kappa shape index (κ1) is 14.6. The van der Waals surface area contributed by atoms with Crippen LogP contribution in [0.25, 0.3) is 0 Å². The second-order valence-electron chi connectivity index (χ2n) is 4.68. The van der Waals surface area contributed by atoms with E-state index in [-0.39, 0.29) is 0 Å². The highest BCUT2D eigenvalue weighted by Crippen LogP contribution is 2.29.